The molecule has 0 radical (unpaired) electrons. The van der Waals surface area contributed by atoms with Crippen molar-refractivity contribution in [3.05, 3.63) is 22.8 Å². The average molecular weight is 263 g/mol. The van der Waals surface area contributed by atoms with Crippen LogP contribution in [0.4, 0.5) is 0 Å². The van der Waals surface area contributed by atoms with Crippen molar-refractivity contribution in [2.45, 2.75) is 44.9 Å². The molecule has 0 saturated heterocycles. The minimum absolute atomic E-state index is 0.754. The molecule has 2 N–H and O–H groups in total. The van der Waals surface area contributed by atoms with Crippen molar-refractivity contribution >= 4 is 0 Å². The van der Waals surface area contributed by atoms with E-state index < -0.39 is 0 Å². The van der Waals surface area contributed by atoms with E-state index >= 15 is 0 Å². The van der Waals surface area contributed by atoms with Gasteiger partial charge in [0.15, 0.2) is 0 Å². The van der Waals surface area contributed by atoms with Gasteiger partial charge in [0, 0.05) is 11.1 Å². The Bertz CT molecular complexity index is 429. The summed E-state index contributed by atoms with van der Waals surface area (Å²) < 4.78 is 11.3. The molecule has 0 atom stereocenters. The largest absolute Gasteiger partial charge is 0.496 e. The fourth-order valence-electron chi connectivity index (χ4n) is 3.01. The summed E-state index contributed by atoms with van der Waals surface area (Å²) in [6, 6.07) is 2.17. The highest BCUT2D eigenvalue weighted by atomic mass is 16.5. The standard InChI is InChI=1S/C16H25NO2/c1-18-15-11-12(7-5-6-10-17)16(19-2)14-9-4-3-8-13(14)15/h11H,3-10,17H2,1-2H3. The summed E-state index contributed by atoms with van der Waals surface area (Å²) in [5.74, 6) is 2.13. The monoisotopic (exact) mass is 263 g/mol. The summed E-state index contributed by atoms with van der Waals surface area (Å²) in [6.45, 7) is 0.754. The van der Waals surface area contributed by atoms with Gasteiger partial charge in [-0.3, -0.25) is 0 Å². The molecule has 3 heteroatoms. The van der Waals surface area contributed by atoms with Crippen molar-refractivity contribution in [2.24, 2.45) is 5.73 Å². The summed E-state index contributed by atoms with van der Waals surface area (Å²) in [5, 5.41) is 0. The molecule has 0 spiro atoms. The van der Waals surface area contributed by atoms with E-state index in [0.29, 0.717) is 0 Å². The summed E-state index contributed by atoms with van der Waals surface area (Å²) in [4.78, 5) is 0. The Kier molecular flexibility index (Phi) is 5.08. The highest BCUT2D eigenvalue weighted by molar-refractivity contribution is 5.54. The molecule has 1 aromatic carbocycles. The molecule has 1 aliphatic rings. The topological polar surface area (TPSA) is 44.5 Å². The van der Waals surface area contributed by atoms with Crippen LogP contribution < -0.4 is 15.2 Å². The van der Waals surface area contributed by atoms with Crippen LogP contribution in [0, 0.1) is 0 Å². The molecular weight excluding hydrogens is 238 g/mol. The van der Waals surface area contributed by atoms with Crippen LogP contribution in [0.2, 0.25) is 0 Å². The number of rotatable bonds is 6. The highest BCUT2D eigenvalue weighted by Crippen LogP contribution is 2.39. The predicted molar refractivity (Wildman–Crippen MR) is 78.2 cm³/mol. The summed E-state index contributed by atoms with van der Waals surface area (Å²) in [7, 11) is 3.55. The smallest absolute Gasteiger partial charge is 0.125 e. The third-order valence-electron chi connectivity index (χ3n) is 3.96. The van der Waals surface area contributed by atoms with Gasteiger partial charge >= 0.3 is 0 Å². The Morgan fingerprint density at radius 2 is 1.79 bits per heavy atom. The number of aryl methyl sites for hydroxylation is 1. The first-order valence-corrected chi connectivity index (χ1v) is 7.27. The molecule has 0 fully saturated rings. The molecule has 2 rings (SSSR count). The average Bonchev–Trinajstić information content (AvgIpc) is 2.46. The van der Waals surface area contributed by atoms with Crippen LogP contribution in [0.15, 0.2) is 6.07 Å². The lowest BCUT2D eigenvalue weighted by Crippen LogP contribution is -2.10. The first-order valence-electron chi connectivity index (χ1n) is 7.27. The number of ether oxygens (including phenoxy) is 2. The fourth-order valence-corrected chi connectivity index (χ4v) is 3.01. The lowest BCUT2D eigenvalue weighted by molar-refractivity contribution is 0.384. The zero-order valence-corrected chi connectivity index (χ0v) is 12.1. The molecule has 0 saturated carbocycles. The lowest BCUT2D eigenvalue weighted by atomic mass is 9.87. The van der Waals surface area contributed by atoms with Crippen LogP contribution in [0.3, 0.4) is 0 Å². The summed E-state index contributed by atoms with van der Waals surface area (Å²) in [5.41, 5.74) is 9.57. The first-order chi connectivity index (χ1) is 9.31. The van der Waals surface area contributed by atoms with E-state index in [0.717, 1.165) is 50.1 Å². The minimum atomic E-state index is 0.754. The van der Waals surface area contributed by atoms with Crippen LogP contribution in [0.5, 0.6) is 11.5 Å². The Balaban J connectivity index is 2.36. The van der Waals surface area contributed by atoms with Crippen molar-refractivity contribution in [1.82, 2.24) is 0 Å². The van der Waals surface area contributed by atoms with Crippen molar-refractivity contribution < 1.29 is 9.47 Å². The molecule has 106 valence electrons. The third kappa shape index (κ3) is 3.03. The Hall–Kier alpha value is -1.22. The van der Waals surface area contributed by atoms with Gasteiger partial charge in [-0.05, 0) is 63.1 Å². The normalized spacial score (nSPS) is 14.1. The molecule has 0 unspecified atom stereocenters. The zero-order chi connectivity index (χ0) is 13.7. The van der Waals surface area contributed by atoms with Gasteiger partial charge in [-0.1, -0.05) is 0 Å². The second-order valence-electron chi connectivity index (χ2n) is 5.18. The second kappa shape index (κ2) is 6.80. The Morgan fingerprint density at radius 1 is 1.05 bits per heavy atom. The third-order valence-corrected chi connectivity index (χ3v) is 3.96. The maximum atomic E-state index is 5.69. The highest BCUT2D eigenvalue weighted by Gasteiger charge is 2.21. The van der Waals surface area contributed by atoms with Crippen molar-refractivity contribution in [1.29, 1.82) is 0 Å². The quantitative estimate of drug-likeness (QED) is 0.803. The molecule has 0 aromatic heterocycles. The minimum Gasteiger partial charge on any atom is -0.496 e. The molecular formula is C16H25NO2. The summed E-state index contributed by atoms with van der Waals surface area (Å²) >= 11 is 0. The Labute approximate surface area is 116 Å². The molecule has 0 aliphatic heterocycles. The van der Waals surface area contributed by atoms with Crippen LogP contribution in [-0.4, -0.2) is 20.8 Å². The van der Waals surface area contributed by atoms with Gasteiger partial charge in [0.1, 0.15) is 11.5 Å². The first kappa shape index (κ1) is 14.2. The molecule has 0 heterocycles. The maximum Gasteiger partial charge on any atom is 0.125 e. The molecule has 3 nitrogen and oxygen atoms in total. The van der Waals surface area contributed by atoms with E-state index in [2.05, 4.69) is 6.07 Å². The van der Waals surface area contributed by atoms with Crippen LogP contribution in [0.25, 0.3) is 0 Å². The van der Waals surface area contributed by atoms with Crippen molar-refractivity contribution in [2.75, 3.05) is 20.8 Å². The fraction of sp³-hybridized carbons (Fsp3) is 0.625. The van der Waals surface area contributed by atoms with E-state index in [1.807, 2.05) is 0 Å². The van der Waals surface area contributed by atoms with Gasteiger partial charge in [-0.15, -0.1) is 0 Å². The Morgan fingerprint density at radius 3 is 2.42 bits per heavy atom. The molecule has 1 aromatic rings. The van der Waals surface area contributed by atoms with Crippen LogP contribution in [0.1, 0.15) is 42.4 Å². The van der Waals surface area contributed by atoms with Crippen molar-refractivity contribution in [3.8, 4) is 11.5 Å². The molecule has 1 aliphatic carbocycles. The van der Waals surface area contributed by atoms with Gasteiger partial charge in [0.05, 0.1) is 14.2 Å². The second-order valence-corrected chi connectivity index (χ2v) is 5.18. The van der Waals surface area contributed by atoms with Crippen molar-refractivity contribution in [3.63, 3.8) is 0 Å². The van der Waals surface area contributed by atoms with Gasteiger partial charge < -0.3 is 15.2 Å². The number of fused-ring (bicyclic) bond motifs is 1. The van der Waals surface area contributed by atoms with Gasteiger partial charge in [-0.2, -0.15) is 0 Å². The van der Waals surface area contributed by atoms with E-state index in [9.17, 15) is 0 Å². The number of hydrogen-bond acceptors (Lipinski definition) is 3. The van der Waals surface area contributed by atoms with E-state index in [-0.39, 0.29) is 0 Å². The molecule has 0 amide bonds. The van der Waals surface area contributed by atoms with Crippen LogP contribution in [-0.2, 0) is 19.3 Å². The van der Waals surface area contributed by atoms with Gasteiger partial charge in [-0.25, -0.2) is 0 Å². The van der Waals surface area contributed by atoms with E-state index in [1.54, 1.807) is 14.2 Å². The number of methoxy groups -OCH3 is 2. The number of benzene rings is 1. The number of nitrogens with two attached hydrogens (primary N) is 1. The zero-order valence-electron chi connectivity index (χ0n) is 12.1. The molecule has 0 bridgehead atoms. The number of unbranched alkanes of at least 4 members (excludes halogenated alkanes) is 1. The molecule has 19 heavy (non-hydrogen) atoms. The van der Waals surface area contributed by atoms with Gasteiger partial charge in [0.25, 0.3) is 0 Å². The van der Waals surface area contributed by atoms with E-state index in [1.165, 1.54) is 29.5 Å². The van der Waals surface area contributed by atoms with Gasteiger partial charge in [0.2, 0.25) is 0 Å². The lowest BCUT2D eigenvalue weighted by Gasteiger charge is -2.24. The SMILES string of the molecule is COc1cc(CCCCN)c(OC)c2c1CCCC2. The predicted octanol–water partition coefficient (Wildman–Crippen LogP) is 2.86. The van der Waals surface area contributed by atoms with E-state index in [4.69, 9.17) is 15.2 Å². The number of hydrogen-bond donors (Lipinski definition) is 1. The van der Waals surface area contributed by atoms with Crippen LogP contribution >= 0.6 is 0 Å². The maximum absolute atomic E-state index is 5.69. The summed E-state index contributed by atoms with van der Waals surface area (Å²) in [6.07, 6.45) is 7.90.